The van der Waals surface area contributed by atoms with Gasteiger partial charge in [-0.15, -0.1) is 0 Å². The van der Waals surface area contributed by atoms with Crippen molar-refractivity contribution in [2.24, 2.45) is 0 Å². The van der Waals surface area contributed by atoms with E-state index in [1.807, 2.05) is 18.2 Å². The fourth-order valence-electron chi connectivity index (χ4n) is 1.99. The fourth-order valence-corrected chi connectivity index (χ4v) is 1.99. The minimum Gasteiger partial charge on any atom is -0.477 e. The van der Waals surface area contributed by atoms with Crippen molar-refractivity contribution in [3.63, 3.8) is 0 Å². The lowest BCUT2D eigenvalue weighted by molar-refractivity contribution is -0.122. The Morgan fingerprint density at radius 2 is 1.95 bits per heavy atom. The molecule has 2 aromatic rings. The number of carbonyl (C=O) groups excluding carboxylic acids is 1. The van der Waals surface area contributed by atoms with Gasteiger partial charge in [-0.1, -0.05) is 29.8 Å². The molecule has 19 heavy (non-hydrogen) atoms. The highest BCUT2D eigenvalue weighted by Crippen LogP contribution is 2.31. The third-order valence-corrected chi connectivity index (χ3v) is 3.15. The molecule has 1 aliphatic heterocycles. The Bertz CT molecular complexity index is 635. The second-order valence-electron chi connectivity index (χ2n) is 4.69. The summed E-state index contributed by atoms with van der Waals surface area (Å²) in [5.41, 5.74) is 3.27. The molecule has 1 aliphatic rings. The van der Waals surface area contributed by atoms with Crippen molar-refractivity contribution in [3.8, 4) is 16.9 Å². The summed E-state index contributed by atoms with van der Waals surface area (Å²) in [6.45, 7) is 3.77. The van der Waals surface area contributed by atoms with Crippen molar-refractivity contribution in [1.29, 1.82) is 0 Å². The van der Waals surface area contributed by atoms with E-state index in [-0.39, 0.29) is 5.91 Å². The van der Waals surface area contributed by atoms with Gasteiger partial charge in [0.15, 0.2) is 17.7 Å². The van der Waals surface area contributed by atoms with Gasteiger partial charge in [0.25, 0.3) is 5.91 Å². The average molecular weight is 254 g/mol. The molecule has 3 rings (SSSR count). The van der Waals surface area contributed by atoms with E-state index >= 15 is 0 Å². The number of nitrogens with one attached hydrogen (secondary N) is 1. The van der Waals surface area contributed by atoms with Crippen LogP contribution in [0.15, 0.2) is 36.5 Å². The monoisotopic (exact) mass is 254 g/mol. The standard InChI is InChI=1S/C15H14N2O2/c1-9-3-5-11(6-4-9)12-7-13-14(16-8-12)17-15(18)10(2)19-13/h3-8,10H,1-2H3,(H,16,17,18). The number of carbonyl (C=O) groups is 1. The van der Waals surface area contributed by atoms with Crippen molar-refractivity contribution in [1.82, 2.24) is 4.98 Å². The Labute approximate surface area is 111 Å². The molecule has 0 radical (unpaired) electrons. The molecule has 0 spiro atoms. The van der Waals surface area contributed by atoms with E-state index in [4.69, 9.17) is 4.74 Å². The number of pyridine rings is 1. The van der Waals surface area contributed by atoms with Gasteiger partial charge in [-0.05, 0) is 25.5 Å². The molecule has 96 valence electrons. The Morgan fingerprint density at radius 3 is 2.68 bits per heavy atom. The second-order valence-corrected chi connectivity index (χ2v) is 4.69. The van der Waals surface area contributed by atoms with Crippen LogP contribution in [0.1, 0.15) is 12.5 Å². The predicted octanol–water partition coefficient (Wildman–Crippen LogP) is 2.78. The van der Waals surface area contributed by atoms with Crippen molar-refractivity contribution < 1.29 is 9.53 Å². The molecule has 1 N–H and O–H groups in total. The van der Waals surface area contributed by atoms with Gasteiger partial charge in [-0.3, -0.25) is 4.79 Å². The molecule has 4 heteroatoms. The van der Waals surface area contributed by atoms with Crippen LogP contribution in [0.3, 0.4) is 0 Å². The molecule has 1 aromatic carbocycles. The van der Waals surface area contributed by atoms with Crippen molar-refractivity contribution in [2.45, 2.75) is 20.0 Å². The first-order valence-electron chi connectivity index (χ1n) is 6.18. The number of amides is 1. The summed E-state index contributed by atoms with van der Waals surface area (Å²) in [5.74, 6) is 0.937. The van der Waals surface area contributed by atoms with Gasteiger partial charge in [0.2, 0.25) is 0 Å². The Morgan fingerprint density at radius 1 is 1.21 bits per heavy atom. The summed E-state index contributed by atoms with van der Waals surface area (Å²) in [5, 5.41) is 2.72. The van der Waals surface area contributed by atoms with Crippen molar-refractivity contribution in [2.75, 3.05) is 5.32 Å². The molecule has 1 atom stereocenters. The molecule has 1 amide bonds. The largest absolute Gasteiger partial charge is 0.477 e. The minimum absolute atomic E-state index is 0.164. The van der Waals surface area contributed by atoms with E-state index in [1.165, 1.54) is 5.56 Å². The number of anilines is 1. The molecular weight excluding hydrogens is 240 g/mol. The van der Waals surface area contributed by atoms with E-state index in [9.17, 15) is 4.79 Å². The maximum absolute atomic E-state index is 11.5. The molecule has 2 heterocycles. The summed E-state index contributed by atoms with van der Waals surface area (Å²) in [4.78, 5) is 15.7. The van der Waals surface area contributed by atoms with Crippen LogP contribution < -0.4 is 10.1 Å². The lowest BCUT2D eigenvalue weighted by Crippen LogP contribution is -2.34. The number of hydrogen-bond donors (Lipinski definition) is 1. The van der Waals surface area contributed by atoms with E-state index in [0.717, 1.165) is 11.1 Å². The Hall–Kier alpha value is -2.36. The van der Waals surface area contributed by atoms with Crippen molar-refractivity contribution >= 4 is 11.7 Å². The summed E-state index contributed by atoms with van der Waals surface area (Å²) >= 11 is 0. The molecule has 0 saturated heterocycles. The number of benzene rings is 1. The lowest BCUT2D eigenvalue weighted by atomic mass is 10.1. The predicted molar refractivity (Wildman–Crippen MR) is 73.1 cm³/mol. The maximum Gasteiger partial charge on any atom is 0.266 e. The van der Waals surface area contributed by atoms with E-state index < -0.39 is 6.10 Å². The van der Waals surface area contributed by atoms with Crippen LogP contribution >= 0.6 is 0 Å². The molecule has 1 aromatic heterocycles. The van der Waals surface area contributed by atoms with Gasteiger partial charge in [-0.25, -0.2) is 4.98 Å². The van der Waals surface area contributed by atoms with Gasteiger partial charge in [-0.2, -0.15) is 0 Å². The number of nitrogens with zero attached hydrogens (tertiary/aromatic N) is 1. The highest BCUT2D eigenvalue weighted by atomic mass is 16.5. The fraction of sp³-hybridized carbons (Fsp3) is 0.200. The third-order valence-electron chi connectivity index (χ3n) is 3.15. The number of rotatable bonds is 1. The second kappa shape index (κ2) is 4.39. The maximum atomic E-state index is 11.5. The molecule has 4 nitrogen and oxygen atoms in total. The normalized spacial score (nSPS) is 17.4. The summed E-state index contributed by atoms with van der Waals surface area (Å²) in [6.07, 6.45) is 1.26. The van der Waals surface area contributed by atoms with Crippen LogP contribution in [0.25, 0.3) is 11.1 Å². The molecular formula is C15H14N2O2. The van der Waals surface area contributed by atoms with Gasteiger partial charge in [0, 0.05) is 11.8 Å². The third kappa shape index (κ3) is 2.17. The zero-order valence-corrected chi connectivity index (χ0v) is 10.8. The first-order valence-corrected chi connectivity index (χ1v) is 6.18. The Balaban J connectivity index is 2.00. The summed E-state index contributed by atoms with van der Waals surface area (Å²) in [6, 6.07) is 10.1. The highest BCUT2D eigenvalue weighted by molar-refractivity contribution is 5.96. The summed E-state index contributed by atoms with van der Waals surface area (Å²) < 4.78 is 5.56. The number of aryl methyl sites for hydroxylation is 1. The lowest BCUT2D eigenvalue weighted by Gasteiger charge is -2.22. The van der Waals surface area contributed by atoms with Crippen LogP contribution in [-0.2, 0) is 4.79 Å². The molecule has 1 unspecified atom stereocenters. The van der Waals surface area contributed by atoms with Crippen molar-refractivity contribution in [3.05, 3.63) is 42.1 Å². The number of aromatic nitrogens is 1. The SMILES string of the molecule is Cc1ccc(-c2cnc3c(c2)OC(C)C(=O)N3)cc1. The smallest absolute Gasteiger partial charge is 0.266 e. The van der Waals surface area contributed by atoms with E-state index in [0.29, 0.717) is 11.6 Å². The van der Waals surface area contributed by atoms with Crippen LogP contribution in [0.2, 0.25) is 0 Å². The first-order chi connectivity index (χ1) is 9.13. The van der Waals surface area contributed by atoms with Crippen LogP contribution in [0.5, 0.6) is 5.75 Å². The zero-order chi connectivity index (χ0) is 13.4. The number of fused-ring (bicyclic) bond motifs is 1. The zero-order valence-electron chi connectivity index (χ0n) is 10.8. The van der Waals surface area contributed by atoms with Gasteiger partial charge >= 0.3 is 0 Å². The molecule has 0 fully saturated rings. The van der Waals surface area contributed by atoms with Crippen LogP contribution in [-0.4, -0.2) is 17.0 Å². The molecule has 0 saturated carbocycles. The quantitative estimate of drug-likeness (QED) is 0.851. The van der Waals surface area contributed by atoms with Gasteiger partial charge in [0.1, 0.15) is 0 Å². The molecule has 0 aliphatic carbocycles. The highest BCUT2D eigenvalue weighted by Gasteiger charge is 2.24. The van der Waals surface area contributed by atoms with Gasteiger partial charge in [0.05, 0.1) is 0 Å². The number of hydrogen-bond acceptors (Lipinski definition) is 3. The van der Waals surface area contributed by atoms with E-state index in [2.05, 4.69) is 29.4 Å². The summed E-state index contributed by atoms with van der Waals surface area (Å²) in [7, 11) is 0. The minimum atomic E-state index is -0.484. The van der Waals surface area contributed by atoms with Crippen LogP contribution in [0, 0.1) is 6.92 Å². The first kappa shape index (κ1) is 11.7. The van der Waals surface area contributed by atoms with Gasteiger partial charge < -0.3 is 10.1 Å². The van der Waals surface area contributed by atoms with Crippen LogP contribution in [0.4, 0.5) is 5.82 Å². The van der Waals surface area contributed by atoms with E-state index in [1.54, 1.807) is 13.1 Å². The topological polar surface area (TPSA) is 51.2 Å². The molecule has 0 bridgehead atoms. The average Bonchev–Trinajstić information content (AvgIpc) is 2.40. The Kier molecular flexibility index (Phi) is 2.71. The number of ether oxygens (including phenoxy) is 1.